The number of likely N-dealkylation sites (tertiary alicyclic amines) is 1. The number of benzene rings is 1. The fraction of sp³-hybridized carbons (Fsp3) is 0.579. The molecule has 2 unspecified atom stereocenters. The van der Waals surface area contributed by atoms with E-state index in [-0.39, 0.29) is 23.7 Å². The Balaban J connectivity index is 2.00. The summed E-state index contributed by atoms with van der Waals surface area (Å²) in [5.74, 6) is -0.532. The number of nitriles is 1. The van der Waals surface area contributed by atoms with Crippen LogP contribution in [0, 0.1) is 17.1 Å². The Bertz CT molecular complexity index is 664. The van der Waals surface area contributed by atoms with Gasteiger partial charge in [0.05, 0.1) is 5.69 Å². The average molecular weight is 347 g/mol. The van der Waals surface area contributed by atoms with Crippen LogP contribution in [0.25, 0.3) is 0 Å². The van der Waals surface area contributed by atoms with Crippen molar-refractivity contribution in [1.82, 2.24) is 4.90 Å². The van der Waals surface area contributed by atoms with E-state index in [1.54, 1.807) is 17.0 Å². The highest BCUT2D eigenvalue weighted by Gasteiger charge is 2.33. The predicted molar refractivity (Wildman–Crippen MR) is 94.8 cm³/mol. The van der Waals surface area contributed by atoms with E-state index in [9.17, 15) is 9.18 Å². The molecule has 0 bridgehead atoms. The van der Waals surface area contributed by atoms with Crippen LogP contribution in [-0.2, 0) is 4.74 Å². The third kappa shape index (κ3) is 5.09. The van der Waals surface area contributed by atoms with Gasteiger partial charge in [0.2, 0.25) is 0 Å². The lowest BCUT2D eigenvalue weighted by atomic mass is 10.0. The van der Waals surface area contributed by atoms with Crippen molar-refractivity contribution in [3.05, 3.63) is 29.6 Å². The van der Waals surface area contributed by atoms with Crippen LogP contribution >= 0.6 is 0 Å². The summed E-state index contributed by atoms with van der Waals surface area (Å²) in [6, 6.07) is 6.50. The van der Waals surface area contributed by atoms with Crippen LogP contribution < -0.4 is 5.32 Å². The molecule has 1 aliphatic heterocycles. The summed E-state index contributed by atoms with van der Waals surface area (Å²) < 4.78 is 19.2. The minimum absolute atomic E-state index is 0.0121. The number of hydrogen-bond donors (Lipinski definition) is 1. The lowest BCUT2D eigenvalue weighted by Crippen LogP contribution is -2.41. The van der Waals surface area contributed by atoms with Crippen molar-refractivity contribution in [2.75, 3.05) is 11.9 Å². The smallest absolute Gasteiger partial charge is 0.410 e. The molecule has 0 spiro atoms. The molecule has 0 radical (unpaired) electrons. The van der Waals surface area contributed by atoms with Crippen LogP contribution in [0.4, 0.5) is 14.9 Å². The van der Waals surface area contributed by atoms with Crippen molar-refractivity contribution in [3.63, 3.8) is 0 Å². The van der Waals surface area contributed by atoms with E-state index in [4.69, 9.17) is 10.00 Å². The second kappa shape index (κ2) is 7.73. The first kappa shape index (κ1) is 19.0. The highest BCUT2D eigenvalue weighted by Crippen LogP contribution is 2.26. The van der Waals surface area contributed by atoms with E-state index < -0.39 is 11.4 Å². The monoisotopic (exact) mass is 347 g/mol. The normalized spacial score (nSPS) is 18.6. The minimum Gasteiger partial charge on any atom is -0.444 e. The van der Waals surface area contributed by atoms with Crippen molar-refractivity contribution < 1.29 is 13.9 Å². The summed E-state index contributed by atoms with van der Waals surface area (Å²) in [5.41, 5.74) is -0.0150. The summed E-state index contributed by atoms with van der Waals surface area (Å²) in [4.78, 5) is 14.1. The van der Waals surface area contributed by atoms with Crippen LogP contribution in [0.3, 0.4) is 0 Å². The van der Waals surface area contributed by atoms with E-state index >= 15 is 0 Å². The Morgan fingerprint density at radius 3 is 2.88 bits per heavy atom. The molecule has 0 saturated carbocycles. The van der Waals surface area contributed by atoms with Crippen molar-refractivity contribution in [2.24, 2.45) is 0 Å². The van der Waals surface area contributed by atoms with E-state index in [1.165, 1.54) is 6.07 Å². The molecule has 1 N–H and O–H groups in total. The molecule has 25 heavy (non-hydrogen) atoms. The van der Waals surface area contributed by atoms with Gasteiger partial charge >= 0.3 is 6.09 Å². The zero-order chi connectivity index (χ0) is 18.6. The fourth-order valence-corrected chi connectivity index (χ4v) is 3.13. The van der Waals surface area contributed by atoms with E-state index in [2.05, 4.69) is 5.32 Å². The Morgan fingerprint density at radius 1 is 1.52 bits per heavy atom. The first-order valence-corrected chi connectivity index (χ1v) is 8.66. The van der Waals surface area contributed by atoms with E-state index in [0.717, 1.165) is 12.8 Å². The van der Waals surface area contributed by atoms with Crippen molar-refractivity contribution in [3.8, 4) is 6.07 Å². The maximum atomic E-state index is 13.7. The molecule has 5 nitrogen and oxygen atoms in total. The van der Waals surface area contributed by atoms with E-state index in [0.29, 0.717) is 18.7 Å². The van der Waals surface area contributed by atoms with Gasteiger partial charge in [-0.15, -0.1) is 0 Å². The number of nitrogens with one attached hydrogen (secondary N) is 1. The van der Waals surface area contributed by atoms with Gasteiger partial charge in [-0.05, 0) is 59.1 Å². The lowest BCUT2D eigenvalue weighted by molar-refractivity contribution is 0.0218. The van der Waals surface area contributed by atoms with Gasteiger partial charge in [-0.1, -0.05) is 6.07 Å². The Morgan fingerprint density at radius 2 is 2.24 bits per heavy atom. The maximum absolute atomic E-state index is 13.7. The maximum Gasteiger partial charge on any atom is 0.410 e. The molecular weight excluding hydrogens is 321 g/mol. The predicted octanol–water partition coefficient (Wildman–Crippen LogP) is 4.29. The van der Waals surface area contributed by atoms with Gasteiger partial charge in [0.25, 0.3) is 0 Å². The van der Waals surface area contributed by atoms with Crippen molar-refractivity contribution in [1.29, 1.82) is 5.26 Å². The number of ether oxygens (including phenoxy) is 1. The quantitative estimate of drug-likeness (QED) is 0.882. The third-order valence-corrected chi connectivity index (χ3v) is 4.16. The van der Waals surface area contributed by atoms with Gasteiger partial charge in [-0.25, -0.2) is 9.18 Å². The minimum atomic E-state index is -0.532. The average Bonchev–Trinajstić information content (AvgIpc) is 2.93. The largest absolute Gasteiger partial charge is 0.444 e. The first-order chi connectivity index (χ1) is 11.7. The highest BCUT2D eigenvalue weighted by molar-refractivity contribution is 5.69. The number of carbonyl (C=O) groups is 1. The van der Waals surface area contributed by atoms with Gasteiger partial charge in [0.1, 0.15) is 23.1 Å². The lowest BCUT2D eigenvalue weighted by Gasteiger charge is -2.30. The fourth-order valence-electron chi connectivity index (χ4n) is 3.13. The summed E-state index contributed by atoms with van der Waals surface area (Å²) >= 11 is 0. The standard InChI is InChI=1S/C19H26FN3O2/c1-13(22-17-9-5-8-16(20)15(17)12-21)11-14-7-6-10-23(14)18(24)25-19(2,3)4/h5,8-9,13-14,22H,6-7,10-11H2,1-4H3. The zero-order valence-electron chi connectivity index (χ0n) is 15.3. The number of nitrogens with zero attached hydrogens (tertiary/aromatic N) is 2. The highest BCUT2D eigenvalue weighted by atomic mass is 19.1. The van der Waals surface area contributed by atoms with Gasteiger partial charge in [0.15, 0.2) is 0 Å². The molecule has 1 aromatic carbocycles. The second-order valence-corrected chi connectivity index (χ2v) is 7.53. The van der Waals surface area contributed by atoms with Gasteiger partial charge < -0.3 is 15.0 Å². The van der Waals surface area contributed by atoms with Crippen LogP contribution in [0.1, 0.15) is 52.5 Å². The topological polar surface area (TPSA) is 65.4 Å². The second-order valence-electron chi connectivity index (χ2n) is 7.53. The number of carbonyl (C=O) groups excluding carboxylic acids is 1. The zero-order valence-corrected chi connectivity index (χ0v) is 15.3. The number of amides is 1. The molecule has 1 saturated heterocycles. The van der Waals surface area contributed by atoms with Crippen LogP contribution in [0.5, 0.6) is 0 Å². The van der Waals surface area contributed by atoms with E-state index in [1.807, 2.05) is 33.8 Å². The molecule has 1 heterocycles. The van der Waals surface area contributed by atoms with Gasteiger partial charge in [0, 0.05) is 18.6 Å². The molecule has 1 aliphatic rings. The number of hydrogen-bond acceptors (Lipinski definition) is 4. The van der Waals surface area contributed by atoms with Crippen LogP contribution in [0.15, 0.2) is 18.2 Å². The Hall–Kier alpha value is -2.29. The molecule has 1 amide bonds. The molecular formula is C19H26FN3O2. The summed E-state index contributed by atoms with van der Waals surface area (Å²) in [6.45, 7) is 8.22. The van der Waals surface area contributed by atoms with Crippen molar-refractivity contribution >= 4 is 11.8 Å². The Kier molecular flexibility index (Phi) is 5.89. The van der Waals surface area contributed by atoms with Crippen molar-refractivity contribution in [2.45, 2.75) is 64.6 Å². The molecule has 2 rings (SSSR count). The summed E-state index contributed by atoms with van der Waals surface area (Å²) in [5, 5.41) is 12.3. The Labute approximate surface area is 148 Å². The molecule has 6 heteroatoms. The van der Waals surface area contributed by atoms with Gasteiger partial charge in [-0.2, -0.15) is 5.26 Å². The molecule has 1 aromatic rings. The van der Waals surface area contributed by atoms with Gasteiger partial charge in [-0.3, -0.25) is 0 Å². The van der Waals surface area contributed by atoms with Crippen LogP contribution in [-0.4, -0.2) is 35.2 Å². The SMILES string of the molecule is CC(CC1CCCN1C(=O)OC(C)(C)C)Nc1cccc(F)c1C#N. The number of anilines is 1. The first-order valence-electron chi connectivity index (χ1n) is 8.66. The molecule has 136 valence electrons. The molecule has 0 aliphatic carbocycles. The molecule has 0 aromatic heterocycles. The number of rotatable bonds is 4. The third-order valence-electron chi connectivity index (χ3n) is 4.16. The summed E-state index contributed by atoms with van der Waals surface area (Å²) in [7, 11) is 0. The number of halogens is 1. The van der Waals surface area contributed by atoms with Crippen LogP contribution in [0.2, 0.25) is 0 Å². The molecule has 2 atom stereocenters. The summed E-state index contributed by atoms with van der Waals surface area (Å²) in [6.07, 6.45) is 2.28. The molecule has 1 fully saturated rings.